The third-order valence-corrected chi connectivity index (χ3v) is 5.06. The number of benzene rings is 1. The molecule has 0 radical (unpaired) electrons. The average Bonchev–Trinajstić information content (AvgIpc) is 2.52. The number of hydrogen-bond donors (Lipinski definition) is 2. The van der Waals surface area contributed by atoms with Gasteiger partial charge in [-0.05, 0) is 31.5 Å². The second kappa shape index (κ2) is 4.48. The molecule has 2 rings (SSSR count). The second-order valence-electron chi connectivity index (χ2n) is 5.10. The molecular formula is C12H15FN2O3S. The zero-order valence-electron chi connectivity index (χ0n) is 10.4. The third kappa shape index (κ3) is 3.04. The highest BCUT2D eigenvalue weighted by molar-refractivity contribution is 7.91. The fraction of sp³-hybridized carbons (Fsp3) is 0.417. The molecule has 1 heterocycles. The second-order valence-corrected chi connectivity index (χ2v) is 7.28. The number of nitrogen functional groups attached to an aromatic ring is 1. The highest BCUT2D eigenvalue weighted by Gasteiger charge is 2.39. The molecule has 1 aromatic carbocycles. The van der Waals surface area contributed by atoms with Crippen molar-refractivity contribution in [1.29, 1.82) is 0 Å². The van der Waals surface area contributed by atoms with Crippen LogP contribution in [0.3, 0.4) is 0 Å². The van der Waals surface area contributed by atoms with Crippen LogP contribution in [0, 0.1) is 5.82 Å². The molecule has 5 nitrogen and oxygen atoms in total. The van der Waals surface area contributed by atoms with Crippen LogP contribution in [0.15, 0.2) is 18.2 Å². The van der Waals surface area contributed by atoms with Crippen LogP contribution < -0.4 is 11.1 Å². The van der Waals surface area contributed by atoms with Gasteiger partial charge in [-0.1, -0.05) is 0 Å². The Balaban J connectivity index is 2.18. The monoisotopic (exact) mass is 286 g/mol. The Morgan fingerprint density at radius 1 is 1.47 bits per heavy atom. The highest BCUT2D eigenvalue weighted by Crippen LogP contribution is 2.23. The van der Waals surface area contributed by atoms with Crippen molar-refractivity contribution in [2.75, 3.05) is 17.2 Å². The van der Waals surface area contributed by atoms with Crippen molar-refractivity contribution in [1.82, 2.24) is 5.32 Å². The van der Waals surface area contributed by atoms with Gasteiger partial charge in [-0.3, -0.25) is 4.79 Å². The summed E-state index contributed by atoms with van der Waals surface area (Å²) in [5.74, 6) is -1.44. The third-order valence-electron chi connectivity index (χ3n) is 3.16. The number of nitrogens with one attached hydrogen (secondary N) is 1. The van der Waals surface area contributed by atoms with E-state index in [2.05, 4.69) is 5.32 Å². The molecule has 3 N–H and O–H groups in total. The first-order valence-corrected chi connectivity index (χ1v) is 7.61. The molecule has 7 heteroatoms. The molecule has 1 atom stereocenters. The largest absolute Gasteiger partial charge is 0.399 e. The first kappa shape index (κ1) is 13.8. The number of carbonyl (C=O) groups excluding carboxylic acids is 1. The molecule has 0 saturated carbocycles. The summed E-state index contributed by atoms with van der Waals surface area (Å²) >= 11 is 0. The Morgan fingerprint density at radius 2 is 2.16 bits per heavy atom. The number of carbonyl (C=O) groups is 1. The van der Waals surface area contributed by atoms with Gasteiger partial charge in [0, 0.05) is 5.69 Å². The summed E-state index contributed by atoms with van der Waals surface area (Å²) in [4.78, 5) is 12.0. The molecule has 19 heavy (non-hydrogen) atoms. The summed E-state index contributed by atoms with van der Waals surface area (Å²) in [5.41, 5.74) is 4.64. The summed E-state index contributed by atoms with van der Waals surface area (Å²) in [6.45, 7) is 1.64. The summed E-state index contributed by atoms with van der Waals surface area (Å²) in [6.07, 6.45) is 0.331. The van der Waals surface area contributed by atoms with E-state index >= 15 is 0 Å². The van der Waals surface area contributed by atoms with Crippen LogP contribution in [0.5, 0.6) is 0 Å². The Bertz CT molecular complexity index is 630. The van der Waals surface area contributed by atoms with Crippen molar-refractivity contribution < 1.29 is 17.6 Å². The predicted molar refractivity (Wildman–Crippen MR) is 70.0 cm³/mol. The van der Waals surface area contributed by atoms with E-state index in [1.165, 1.54) is 12.1 Å². The number of hydrogen-bond acceptors (Lipinski definition) is 4. The van der Waals surface area contributed by atoms with Crippen LogP contribution in [0.2, 0.25) is 0 Å². The topological polar surface area (TPSA) is 89.3 Å². The van der Waals surface area contributed by atoms with Crippen LogP contribution in [0.4, 0.5) is 10.1 Å². The van der Waals surface area contributed by atoms with Gasteiger partial charge in [0.1, 0.15) is 5.82 Å². The molecule has 0 aromatic heterocycles. The lowest BCUT2D eigenvalue weighted by atomic mass is 10.0. The molecular weight excluding hydrogens is 271 g/mol. The number of amides is 1. The van der Waals surface area contributed by atoms with Gasteiger partial charge in [0.05, 0.1) is 22.6 Å². The highest BCUT2D eigenvalue weighted by atomic mass is 32.2. The van der Waals surface area contributed by atoms with Gasteiger partial charge >= 0.3 is 0 Å². The van der Waals surface area contributed by atoms with Crippen molar-refractivity contribution >= 4 is 21.4 Å². The fourth-order valence-electron chi connectivity index (χ4n) is 2.17. The Labute approximate surface area is 110 Å². The van der Waals surface area contributed by atoms with E-state index in [0.717, 1.165) is 6.07 Å². The molecule has 1 saturated heterocycles. The van der Waals surface area contributed by atoms with Crippen LogP contribution in [-0.4, -0.2) is 31.4 Å². The van der Waals surface area contributed by atoms with E-state index in [1.54, 1.807) is 6.92 Å². The normalized spacial score (nSPS) is 25.2. The first-order valence-electron chi connectivity index (χ1n) is 5.79. The minimum Gasteiger partial charge on any atom is -0.399 e. The summed E-state index contributed by atoms with van der Waals surface area (Å²) in [5, 5.41) is 2.59. The van der Waals surface area contributed by atoms with E-state index in [-0.39, 0.29) is 22.8 Å². The minimum absolute atomic E-state index is 0.0357. The zero-order valence-corrected chi connectivity index (χ0v) is 11.3. The van der Waals surface area contributed by atoms with E-state index in [0.29, 0.717) is 6.42 Å². The first-order chi connectivity index (χ1) is 8.71. The molecule has 0 bridgehead atoms. The van der Waals surface area contributed by atoms with Crippen molar-refractivity contribution in [2.45, 2.75) is 18.9 Å². The van der Waals surface area contributed by atoms with Gasteiger partial charge in [-0.15, -0.1) is 0 Å². The van der Waals surface area contributed by atoms with Crippen LogP contribution in [0.1, 0.15) is 23.7 Å². The van der Waals surface area contributed by atoms with Gasteiger partial charge in [0.2, 0.25) is 0 Å². The van der Waals surface area contributed by atoms with E-state index < -0.39 is 27.1 Å². The number of nitrogens with two attached hydrogens (primary N) is 1. The Kier molecular flexibility index (Phi) is 3.25. The lowest BCUT2D eigenvalue weighted by Gasteiger charge is -2.24. The lowest BCUT2D eigenvalue weighted by molar-refractivity contribution is 0.0911. The molecule has 1 amide bonds. The van der Waals surface area contributed by atoms with E-state index in [4.69, 9.17) is 5.73 Å². The molecule has 104 valence electrons. The van der Waals surface area contributed by atoms with E-state index in [9.17, 15) is 17.6 Å². The smallest absolute Gasteiger partial charge is 0.254 e. The predicted octanol–water partition coefficient (Wildman–Crippen LogP) is 0.715. The van der Waals surface area contributed by atoms with E-state index in [1.807, 2.05) is 0 Å². The maximum atomic E-state index is 13.6. The summed E-state index contributed by atoms with van der Waals surface area (Å²) < 4.78 is 36.5. The van der Waals surface area contributed by atoms with Gasteiger partial charge in [-0.25, -0.2) is 12.8 Å². The number of halogens is 1. The Morgan fingerprint density at radius 3 is 2.68 bits per heavy atom. The molecule has 1 aliphatic heterocycles. The maximum absolute atomic E-state index is 13.6. The average molecular weight is 286 g/mol. The quantitative estimate of drug-likeness (QED) is 0.784. The molecule has 1 aromatic rings. The standard InChI is InChI=1S/C12H15FN2O3S/c1-12(4-5-19(17,18)7-12)15-11(16)9-3-2-8(14)6-10(9)13/h2-3,6H,4-5,7,14H2,1H3,(H,15,16). The number of sulfone groups is 1. The van der Waals surface area contributed by atoms with Crippen LogP contribution in [-0.2, 0) is 9.84 Å². The SMILES string of the molecule is CC1(NC(=O)c2ccc(N)cc2F)CCS(=O)(=O)C1. The molecule has 1 fully saturated rings. The zero-order chi connectivity index (χ0) is 14.3. The van der Waals surface area contributed by atoms with Gasteiger partial charge in [0.15, 0.2) is 9.84 Å². The van der Waals surface area contributed by atoms with Crippen LogP contribution >= 0.6 is 0 Å². The minimum atomic E-state index is -3.13. The number of rotatable bonds is 2. The molecule has 1 unspecified atom stereocenters. The van der Waals surface area contributed by atoms with Crippen LogP contribution in [0.25, 0.3) is 0 Å². The van der Waals surface area contributed by atoms with Crippen molar-refractivity contribution in [3.63, 3.8) is 0 Å². The maximum Gasteiger partial charge on any atom is 0.254 e. The lowest BCUT2D eigenvalue weighted by Crippen LogP contribution is -2.47. The van der Waals surface area contributed by atoms with Gasteiger partial charge in [0.25, 0.3) is 5.91 Å². The number of anilines is 1. The molecule has 1 aliphatic rings. The van der Waals surface area contributed by atoms with Gasteiger partial charge < -0.3 is 11.1 Å². The van der Waals surface area contributed by atoms with Crippen molar-refractivity contribution in [3.8, 4) is 0 Å². The Hall–Kier alpha value is -1.63. The summed E-state index contributed by atoms with van der Waals surface area (Å²) in [7, 11) is -3.13. The van der Waals surface area contributed by atoms with Crippen molar-refractivity contribution in [3.05, 3.63) is 29.6 Å². The van der Waals surface area contributed by atoms with Crippen molar-refractivity contribution in [2.24, 2.45) is 0 Å². The molecule has 0 aliphatic carbocycles. The summed E-state index contributed by atoms with van der Waals surface area (Å²) in [6, 6.07) is 3.77. The fourth-order valence-corrected chi connectivity index (χ4v) is 4.26. The van der Waals surface area contributed by atoms with Gasteiger partial charge in [-0.2, -0.15) is 0 Å². The molecule has 0 spiro atoms.